The van der Waals surface area contributed by atoms with Crippen LogP contribution in [0.5, 0.6) is 11.5 Å². The van der Waals surface area contributed by atoms with Crippen molar-refractivity contribution in [2.24, 2.45) is 0 Å². The largest absolute Gasteiger partial charge is 0.456 e. The molecule has 1 unspecified atom stereocenters. The summed E-state index contributed by atoms with van der Waals surface area (Å²) >= 11 is 9.52. The quantitative estimate of drug-likeness (QED) is 0.828. The summed E-state index contributed by atoms with van der Waals surface area (Å²) in [5, 5.41) is 3.79. The smallest absolute Gasteiger partial charge is 0.146 e. The van der Waals surface area contributed by atoms with Crippen LogP contribution in [0.1, 0.15) is 18.5 Å². The molecule has 0 heterocycles. The highest BCUT2D eigenvalue weighted by atomic mass is 79.9. The van der Waals surface area contributed by atoms with Crippen LogP contribution in [0.25, 0.3) is 0 Å². The maximum absolute atomic E-state index is 6.14. The number of benzene rings is 2. The Bertz CT molecular complexity index is 574. The van der Waals surface area contributed by atoms with Crippen LogP contribution in [0.3, 0.4) is 0 Å². The molecular weight excluding hydrogens is 326 g/mol. The van der Waals surface area contributed by atoms with E-state index in [4.69, 9.17) is 16.3 Å². The van der Waals surface area contributed by atoms with Gasteiger partial charge in [-0.3, -0.25) is 0 Å². The standard InChI is InChI=1S/C15H15BrClNO/c1-10(18-2)11-4-3-5-13(8-11)19-15-7-6-12(16)9-14(15)17/h3-10,18H,1-2H3. The zero-order valence-corrected chi connectivity index (χ0v) is 13.1. The summed E-state index contributed by atoms with van der Waals surface area (Å²) in [5.41, 5.74) is 1.17. The average molecular weight is 341 g/mol. The van der Waals surface area contributed by atoms with Crippen LogP contribution >= 0.6 is 27.5 Å². The van der Waals surface area contributed by atoms with E-state index in [0.717, 1.165) is 10.2 Å². The molecule has 2 aromatic rings. The van der Waals surface area contributed by atoms with Crippen molar-refractivity contribution in [1.29, 1.82) is 0 Å². The monoisotopic (exact) mass is 339 g/mol. The van der Waals surface area contributed by atoms with E-state index in [2.05, 4.69) is 34.2 Å². The molecule has 0 bridgehead atoms. The third-order valence-electron chi connectivity index (χ3n) is 2.91. The van der Waals surface area contributed by atoms with E-state index >= 15 is 0 Å². The fraction of sp³-hybridized carbons (Fsp3) is 0.200. The second-order valence-electron chi connectivity index (χ2n) is 4.26. The van der Waals surface area contributed by atoms with Gasteiger partial charge in [0, 0.05) is 10.5 Å². The first kappa shape index (κ1) is 14.4. The van der Waals surface area contributed by atoms with Gasteiger partial charge >= 0.3 is 0 Å². The number of nitrogens with one attached hydrogen (secondary N) is 1. The minimum Gasteiger partial charge on any atom is -0.456 e. The summed E-state index contributed by atoms with van der Waals surface area (Å²) in [7, 11) is 1.93. The maximum Gasteiger partial charge on any atom is 0.146 e. The van der Waals surface area contributed by atoms with Gasteiger partial charge in [0.05, 0.1) is 5.02 Å². The van der Waals surface area contributed by atoms with Crippen molar-refractivity contribution in [2.45, 2.75) is 13.0 Å². The lowest BCUT2D eigenvalue weighted by molar-refractivity contribution is 0.481. The third kappa shape index (κ3) is 3.72. The molecule has 0 aromatic heterocycles. The van der Waals surface area contributed by atoms with Crippen molar-refractivity contribution in [3.63, 3.8) is 0 Å². The summed E-state index contributed by atoms with van der Waals surface area (Å²) in [6.45, 7) is 2.10. The molecule has 0 aliphatic heterocycles. The highest BCUT2D eigenvalue weighted by Crippen LogP contribution is 2.32. The van der Waals surface area contributed by atoms with E-state index < -0.39 is 0 Å². The normalized spacial score (nSPS) is 12.2. The van der Waals surface area contributed by atoms with Crippen LogP contribution in [-0.2, 0) is 0 Å². The Morgan fingerprint density at radius 2 is 2.00 bits per heavy atom. The van der Waals surface area contributed by atoms with Gasteiger partial charge in [-0.25, -0.2) is 0 Å². The molecule has 0 saturated carbocycles. The summed E-state index contributed by atoms with van der Waals surface area (Å²) < 4.78 is 6.75. The lowest BCUT2D eigenvalue weighted by Crippen LogP contribution is -2.11. The van der Waals surface area contributed by atoms with Gasteiger partial charge in [0.2, 0.25) is 0 Å². The Morgan fingerprint density at radius 1 is 1.21 bits per heavy atom. The van der Waals surface area contributed by atoms with E-state index in [1.54, 1.807) is 0 Å². The van der Waals surface area contributed by atoms with Gasteiger partial charge in [-0.15, -0.1) is 0 Å². The first-order valence-corrected chi connectivity index (χ1v) is 7.17. The van der Waals surface area contributed by atoms with Crippen LogP contribution in [0.15, 0.2) is 46.9 Å². The molecule has 0 spiro atoms. The first-order chi connectivity index (χ1) is 9.10. The highest BCUT2D eigenvalue weighted by molar-refractivity contribution is 9.10. The molecule has 1 N–H and O–H groups in total. The minimum absolute atomic E-state index is 0.281. The fourth-order valence-electron chi connectivity index (χ4n) is 1.70. The van der Waals surface area contributed by atoms with E-state index in [-0.39, 0.29) is 6.04 Å². The average Bonchev–Trinajstić information content (AvgIpc) is 2.41. The van der Waals surface area contributed by atoms with Crippen LogP contribution < -0.4 is 10.1 Å². The molecule has 0 fully saturated rings. The van der Waals surface area contributed by atoms with Gasteiger partial charge in [0.15, 0.2) is 0 Å². The Morgan fingerprint density at radius 3 is 2.68 bits per heavy atom. The molecule has 19 heavy (non-hydrogen) atoms. The summed E-state index contributed by atoms with van der Waals surface area (Å²) in [6.07, 6.45) is 0. The van der Waals surface area contributed by atoms with Gasteiger partial charge in [-0.05, 0) is 49.9 Å². The molecule has 100 valence electrons. The number of ether oxygens (including phenoxy) is 1. The fourth-order valence-corrected chi connectivity index (χ4v) is 2.41. The zero-order chi connectivity index (χ0) is 13.8. The van der Waals surface area contributed by atoms with E-state index in [1.165, 1.54) is 5.56 Å². The predicted molar refractivity (Wildman–Crippen MR) is 83.1 cm³/mol. The minimum atomic E-state index is 0.281. The Labute approximate surface area is 126 Å². The third-order valence-corrected chi connectivity index (χ3v) is 3.70. The molecule has 0 radical (unpaired) electrons. The van der Waals surface area contributed by atoms with Crippen molar-refractivity contribution in [3.05, 3.63) is 57.5 Å². The summed E-state index contributed by atoms with van der Waals surface area (Å²) in [4.78, 5) is 0. The second-order valence-corrected chi connectivity index (χ2v) is 5.58. The van der Waals surface area contributed by atoms with Gasteiger partial charge in [0.25, 0.3) is 0 Å². The molecule has 4 heteroatoms. The van der Waals surface area contributed by atoms with Crippen molar-refractivity contribution in [1.82, 2.24) is 5.32 Å². The maximum atomic E-state index is 6.14. The molecule has 2 rings (SSSR count). The Kier molecular flexibility index (Phi) is 4.86. The van der Waals surface area contributed by atoms with E-state index in [9.17, 15) is 0 Å². The first-order valence-electron chi connectivity index (χ1n) is 6.00. The Balaban J connectivity index is 2.23. The molecule has 2 aromatic carbocycles. The molecule has 0 aliphatic rings. The topological polar surface area (TPSA) is 21.3 Å². The lowest BCUT2D eigenvalue weighted by Gasteiger charge is -2.13. The van der Waals surface area contributed by atoms with Gasteiger partial charge in [-0.2, -0.15) is 0 Å². The summed E-state index contributed by atoms with van der Waals surface area (Å²) in [6, 6.07) is 13.8. The van der Waals surface area contributed by atoms with Crippen LogP contribution in [-0.4, -0.2) is 7.05 Å². The molecule has 0 aliphatic carbocycles. The zero-order valence-electron chi connectivity index (χ0n) is 10.8. The molecule has 0 amide bonds. The van der Waals surface area contributed by atoms with Crippen molar-refractivity contribution in [2.75, 3.05) is 7.05 Å². The lowest BCUT2D eigenvalue weighted by atomic mass is 10.1. The molecule has 0 saturated heterocycles. The second kappa shape index (κ2) is 6.42. The number of hydrogen-bond donors (Lipinski definition) is 1. The van der Waals surface area contributed by atoms with Crippen LogP contribution in [0, 0.1) is 0 Å². The number of rotatable bonds is 4. The van der Waals surface area contributed by atoms with Crippen LogP contribution in [0.4, 0.5) is 0 Å². The highest BCUT2D eigenvalue weighted by Gasteiger charge is 2.07. The van der Waals surface area contributed by atoms with Crippen LogP contribution in [0.2, 0.25) is 5.02 Å². The molecule has 2 nitrogen and oxygen atoms in total. The number of halogens is 2. The van der Waals surface area contributed by atoms with Crippen molar-refractivity contribution >= 4 is 27.5 Å². The number of hydrogen-bond acceptors (Lipinski definition) is 2. The van der Waals surface area contributed by atoms with Gasteiger partial charge < -0.3 is 10.1 Å². The predicted octanol–water partition coefficient (Wildman–Crippen LogP) is 5.18. The molecular formula is C15H15BrClNO. The van der Waals surface area contributed by atoms with Crippen molar-refractivity contribution in [3.8, 4) is 11.5 Å². The van der Waals surface area contributed by atoms with E-state index in [0.29, 0.717) is 10.8 Å². The van der Waals surface area contributed by atoms with Gasteiger partial charge in [0.1, 0.15) is 11.5 Å². The van der Waals surface area contributed by atoms with Gasteiger partial charge in [-0.1, -0.05) is 39.7 Å². The molecule has 1 atom stereocenters. The van der Waals surface area contributed by atoms with Crippen molar-refractivity contribution < 1.29 is 4.74 Å². The SMILES string of the molecule is CNC(C)c1cccc(Oc2ccc(Br)cc2Cl)c1. The summed E-state index contributed by atoms with van der Waals surface area (Å²) in [5.74, 6) is 1.43. The van der Waals surface area contributed by atoms with E-state index in [1.807, 2.05) is 43.4 Å². The Hall–Kier alpha value is -1.03.